The molecule has 0 aromatic heterocycles. The van der Waals surface area contributed by atoms with Crippen LogP contribution in [0.5, 0.6) is 0 Å². The molecule has 1 saturated heterocycles. The molecule has 1 aliphatic heterocycles. The van der Waals surface area contributed by atoms with E-state index in [0.29, 0.717) is 12.0 Å². The lowest BCUT2D eigenvalue weighted by Crippen LogP contribution is -2.36. The number of benzene rings is 1. The Labute approximate surface area is 113 Å². The average molecular weight is 260 g/mol. The monoisotopic (exact) mass is 260 g/mol. The molecule has 1 aromatic rings. The van der Waals surface area contributed by atoms with Crippen LogP contribution in [0.25, 0.3) is 0 Å². The third-order valence-electron chi connectivity index (χ3n) is 3.38. The van der Waals surface area contributed by atoms with Crippen LogP contribution in [0.15, 0.2) is 29.3 Å². The van der Waals surface area contributed by atoms with E-state index in [2.05, 4.69) is 27.3 Å². The number of guanidine groups is 1. The van der Waals surface area contributed by atoms with Gasteiger partial charge in [0.05, 0.1) is 19.3 Å². The molecule has 3 rings (SSSR count). The molecule has 1 aliphatic carbocycles. The van der Waals surface area contributed by atoms with Crippen molar-refractivity contribution in [3.63, 3.8) is 0 Å². The molecular weight excluding hydrogens is 240 g/mol. The van der Waals surface area contributed by atoms with Crippen LogP contribution in [0.2, 0.25) is 0 Å². The molecule has 0 spiro atoms. The molecule has 0 bridgehead atoms. The van der Waals surface area contributed by atoms with Gasteiger partial charge in [0.2, 0.25) is 0 Å². The molecule has 0 amide bonds. The maximum atomic E-state index is 5.84. The standard InChI is InChI=1S/C14H20N4O/c15-14(16-11-1-2-11)17-12-3-5-13(6-4-12)18-7-9-19-10-8-18/h3-6,11H,1-2,7-10H2,(H3,15,16,17). The Kier molecular flexibility index (Phi) is 3.55. The van der Waals surface area contributed by atoms with Crippen LogP contribution < -0.4 is 16.0 Å². The summed E-state index contributed by atoms with van der Waals surface area (Å²) in [4.78, 5) is 6.68. The van der Waals surface area contributed by atoms with E-state index in [1.54, 1.807) is 0 Å². The SMILES string of the molecule is NC(=NC1CC1)Nc1ccc(N2CCOCC2)cc1. The highest BCUT2D eigenvalue weighted by Crippen LogP contribution is 2.23. The fourth-order valence-corrected chi connectivity index (χ4v) is 2.16. The van der Waals surface area contributed by atoms with Crippen molar-refractivity contribution in [1.29, 1.82) is 0 Å². The smallest absolute Gasteiger partial charge is 0.193 e. The summed E-state index contributed by atoms with van der Waals surface area (Å²) in [6.07, 6.45) is 2.33. The number of aliphatic imine (C=N–C) groups is 1. The zero-order valence-corrected chi connectivity index (χ0v) is 11.0. The zero-order chi connectivity index (χ0) is 13.1. The van der Waals surface area contributed by atoms with Gasteiger partial charge in [-0.2, -0.15) is 0 Å². The molecule has 2 aliphatic rings. The normalized spacial score (nSPS) is 20.4. The second-order valence-corrected chi connectivity index (χ2v) is 5.02. The molecule has 3 N–H and O–H groups in total. The number of hydrogen-bond acceptors (Lipinski definition) is 3. The van der Waals surface area contributed by atoms with Crippen LogP contribution >= 0.6 is 0 Å². The van der Waals surface area contributed by atoms with Crippen molar-refractivity contribution in [2.24, 2.45) is 10.7 Å². The van der Waals surface area contributed by atoms with Crippen LogP contribution in [-0.4, -0.2) is 38.3 Å². The molecule has 5 heteroatoms. The topological polar surface area (TPSA) is 62.9 Å². The van der Waals surface area contributed by atoms with Crippen molar-refractivity contribution in [1.82, 2.24) is 0 Å². The highest BCUT2D eigenvalue weighted by Gasteiger charge is 2.20. The summed E-state index contributed by atoms with van der Waals surface area (Å²) < 4.78 is 5.35. The molecule has 0 atom stereocenters. The maximum Gasteiger partial charge on any atom is 0.193 e. The molecule has 1 aromatic carbocycles. The number of morpholine rings is 1. The number of nitrogens with zero attached hydrogens (tertiary/aromatic N) is 2. The van der Waals surface area contributed by atoms with Crippen molar-refractivity contribution in [2.75, 3.05) is 36.5 Å². The number of nitrogens with two attached hydrogens (primary N) is 1. The predicted octanol–water partition coefficient (Wildman–Crippen LogP) is 1.41. The van der Waals surface area contributed by atoms with E-state index >= 15 is 0 Å². The minimum atomic E-state index is 0.445. The first kappa shape index (κ1) is 12.3. The van der Waals surface area contributed by atoms with Gasteiger partial charge >= 0.3 is 0 Å². The van der Waals surface area contributed by atoms with Crippen LogP contribution in [-0.2, 0) is 4.74 Å². The van der Waals surface area contributed by atoms with Gasteiger partial charge in [-0.3, -0.25) is 0 Å². The van der Waals surface area contributed by atoms with Crippen LogP contribution in [0, 0.1) is 0 Å². The lowest BCUT2D eigenvalue weighted by atomic mass is 10.2. The van der Waals surface area contributed by atoms with Crippen LogP contribution in [0.1, 0.15) is 12.8 Å². The van der Waals surface area contributed by atoms with E-state index in [1.165, 1.54) is 18.5 Å². The summed E-state index contributed by atoms with van der Waals surface area (Å²) in [6, 6.07) is 8.75. The fourth-order valence-electron chi connectivity index (χ4n) is 2.16. The molecule has 2 fully saturated rings. The highest BCUT2D eigenvalue weighted by atomic mass is 16.5. The van der Waals surface area contributed by atoms with E-state index < -0.39 is 0 Å². The second-order valence-electron chi connectivity index (χ2n) is 5.02. The Balaban J connectivity index is 1.61. The van der Waals surface area contributed by atoms with Gasteiger partial charge in [0.15, 0.2) is 5.96 Å². The van der Waals surface area contributed by atoms with Crippen molar-refractivity contribution in [2.45, 2.75) is 18.9 Å². The van der Waals surface area contributed by atoms with Crippen molar-refractivity contribution in [3.05, 3.63) is 24.3 Å². The molecule has 102 valence electrons. The quantitative estimate of drug-likeness (QED) is 0.637. The summed E-state index contributed by atoms with van der Waals surface area (Å²) >= 11 is 0. The molecule has 1 saturated carbocycles. The van der Waals surface area contributed by atoms with E-state index in [1.807, 2.05) is 12.1 Å². The summed E-state index contributed by atoms with van der Waals surface area (Å²) in [5.74, 6) is 0.515. The van der Waals surface area contributed by atoms with Gasteiger partial charge in [0.1, 0.15) is 0 Å². The van der Waals surface area contributed by atoms with Crippen molar-refractivity contribution in [3.8, 4) is 0 Å². The minimum Gasteiger partial charge on any atom is -0.378 e. The summed E-state index contributed by atoms with van der Waals surface area (Å²) in [7, 11) is 0. The Morgan fingerprint density at radius 2 is 1.89 bits per heavy atom. The first-order valence-electron chi connectivity index (χ1n) is 6.84. The fraction of sp³-hybridized carbons (Fsp3) is 0.500. The third kappa shape index (κ3) is 3.38. The number of anilines is 2. The van der Waals surface area contributed by atoms with Crippen LogP contribution in [0.4, 0.5) is 11.4 Å². The average Bonchev–Trinajstić information content (AvgIpc) is 3.24. The first-order valence-corrected chi connectivity index (χ1v) is 6.84. The maximum absolute atomic E-state index is 5.84. The number of ether oxygens (including phenoxy) is 1. The predicted molar refractivity (Wildman–Crippen MR) is 77.7 cm³/mol. The highest BCUT2D eigenvalue weighted by molar-refractivity contribution is 5.92. The summed E-state index contributed by atoms with van der Waals surface area (Å²) in [5.41, 5.74) is 8.05. The molecular formula is C14H20N4O. The van der Waals surface area contributed by atoms with Crippen molar-refractivity contribution < 1.29 is 4.74 Å². The Morgan fingerprint density at radius 3 is 2.53 bits per heavy atom. The van der Waals surface area contributed by atoms with Gasteiger partial charge in [0.25, 0.3) is 0 Å². The molecule has 19 heavy (non-hydrogen) atoms. The van der Waals surface area contributed by atoms with E-state index in [0.717, 1.165) is 32.0 Å². The molecule has 0 unspecified atom stereocenters. The third-order valence-corrected chi connectivity index (χ3v) is 3.38. The van der Waals surface area contributed by atoms with Gasteiger partial charge < -0.3 is 20.7 Å². The molecule has 0 radical (unpaired) electrons. The molecule has 5 nitrogen and oxygen atoms in total. The van der Waals surface area contributed by atoms with Crippen LogP contribution in [0.3, 0.4) is 0 Å². The molecule has 1 heterocycles. The van der Waals surface area contributed by atoms with Crippen molar-refractivity contribution >= 4 is 17.3 Å². The van der Waals surface area contributed by atoms with E-state index in [-0.39, 0.29) is 0 Å². The van der Waals surface area contributed by atoms with Gasteiger partial charge in [0, 0.05) is 24.5 Å². The summed E-state index contributed by atoms with van der Waals surface area (Å²) in [5, 5.41) is 3.13. The van der Waals surface area contributed by atoms with Gasteiger partial charge in [-0.25, -0.2) is 4.99 Å². The lowest BCUT2D eigenvalue weighted by Gasteiger charge is -2.28. The zero-order valence-electron chi connectivity index (χ0n) is 11.0. The lowest BCUT2D eigenvalue weighted by molar-refractivity contribution is 0.122. The largest absolute Gasteiger partial charge is 0.378 e. The number of nitrogens with one attached hydrogen (secondary N) is 1. The number of hydrogen-bond donors (Lipinski definition) is 2. The van der Waals surface area contributed by atoms with Gasteiger partial charge in [-0.1, -0.05) is 0 Å². The number of rotatable bonds is 3. The van der Waals surface area contributed by atoms with E-state index in [4.69, 9.17) is 10.5 Å². The van der Waals surface area contributed by atoms with E-state index in [9.17, 15) is 0 Å². The van der Waals surface area contributed by atoms with Gasteiger partial charge in [-0.15, -0.1) is 0 Å². The minimum absolute atomic E-state index is 0.445. The first-order chi connectivity index (χ1) is 9.31. The Morgan fingerprint density at radius 1 is 1.21 bits per heavy atom. The summed E-state index contributed by atoms with van der Waals surface area (Å²) in [6.45, 7) is 3.53. The van der Waals surface area contributed by atoms with Gasteiger partial charge in [-0.05, 0) is 37.1 Å². The second kappa shape index (κ2) is 5.48. The Hall–Kier alpha value is -1.75. The Bertz CT molecular complexity index is 447.